The maximum absolute atomic E-state index is 13.4. The third-order valence-electron chi connectivity index (χ3n) is 13.7. The summed E-state index contributed by atoms with van der Waals surface area (Å²) in [6, 6.07) is 7.65. The van der Waals surface area contributed by atoms with Gasteiger partial charge in [-0.1, -0.05) is 30.3 Å². The maximum Gasteiger partial charge on any atom is 3.00 e. The number of nitrogens with zero attached hydrogens (tertiary/aromatic N) is 9. The minimum absolute atomic E-state index is 0. The van der Waals surface area contributed by atoms with Crippen molar-refractivity contribution in [3.05, 3.63) is 35.9 Å². The molecule has 1 aromatic carbocycles. The summed E-state index contributed by atoms with van der Waals surface area (Å²) in [6.45, 7) is 1.56. The van der Waals surface area contributed by atoms with E-state index in [-0.39, 0.29) is 236 Å². The van der Waals surface area contributed by atoms with Crippen LogP contribution < -0.4 is 46.6 Å². The molecule has 2 fully saturated rings. The summed E-state index contributed by atoms with van der Waals surface area (Å²) in [7, 11) is 0. The second-order valence-corrected chi connectivity index (χ2v) is 20.3. The van der Waals surface area contributed by atoms with E-state index in [2.05, 4.69) is 20.9 Å². The quantitative estimate of drug-likeness (QED) is 0.0475. The molecule has 0 aliphatic carbocycles. The summed E-state index contributed by atoms with van der Waals surface area (Å²) in [6.07, 6.45) is 1.02. The van der Waals surface area contributed by atoms with Crippen molar-refractivity contribution in [3.63, 3.8) is 0 Å². The predicted molar refractivity (Wildman–Crippen MR) is 278 cm³/mol. The molecule has 3 amide bonds. The van der Waals surface area contributed by atoms with Gasteiger partial charge in [-0.2, -0.15) is 0 Å². The number of hydrogen-bond donors (Lipinski definition) is 4. The van der Waals surface area contributed by atoms with Gasteiger partial charge in [0.15, 0.2) is 0 Å². The molecule has 32 heteroatoms. The average molecular weight is 1480 g/mol. The Labute approximate surface area is 553 Å². The van der Waals surface area contributed by atoms with E-state index in [0.717, 1.165) is 5.56 Å². The van der Waals surface area contributed by atoms with Gasteiger partial charge in [0.25, 0.3) is 0 Å². The van der Waals surface area contributed by atoms with E-state index in [0.29, 0.717) is 45.3 Å². The zero-order chi connectivity index (χ0) is 60.2. The summed E-state index contributed by atoms with van der Waals surface area (Å²) in [5.74, 6) is -10.0. The molecule has 2 aliphatic rings. The molecule has 2 radical (unpaired) electrons. The Bertz CT molecular complexity index is 2010. The zero-order valence-corrected chi connectivity index (χ0v) is 51.9. The van der Waals surface area contributed by atoms with Gasteiger partial charge in [-0.3, -0.25) is 48.8 Å². The van der Waals surface area contributed by atoms with Crippen LogP contribution in [0.25, 0.3) is 0 Å². The molecule has 0 unspecified atom stereocenters. The summed E-state index contributed by atoms with van der Waals surface area (Å²) in [5, 5.41) is 87.4. The molecule has 30 nitrogen and oxygen atoms in total. The van der Waals surface area contributed by atoms with Crippen molar-refractivity contribution in [1.82, 2.24) is 60.0 Å². The van der Waals surface area contributed by atoms with Crippen molar-refractivity contribution in [3.8, 4) is 0 Å². The number of aliphatic carboxylic acids is 7. The van der Waals surface area contributed by atoms with Crippen molar-refractivity contribution in [1.29, 1.82) is 0 Å². The predicted octanol–water partition coefficient (Wildman–Crippen LogP) is -11.2. The van der Waals surface area contributed by atoms with Crippen molar-refractivity contribution >= 4 is 59.7 Å². The van der Waals surface area contributed by atoms with E-state index < -0.39 is 93.2 Å². The van der Waals surface area contributed by atoms with Crippen LogP contribution in [-0.4, -0.2) is 305 Å². The molecule has 2 saturated heterocycles. The molecular formula is C52H80Gd2N12O18. The minimum atomic E-state index is -1.35. The fourth-order valence-corrected chi connectivity index (χ4v) is 9.28. The van der Waals surface area contributed by atoms with Crippen molar-refractivity contribution < 1.29 is 168 Å². The number of unbranched alkanes of at least 4 members (excludes halogenated alkanes) is 1. The molecule has 2 aliphatic heterocycles. The van der Waals surface area contributed by atoms with Gasteiger partial charge in [-0.25, -0.2) is 9.59 Å². The fraction of sp³-hybridized carbons (Fsp3) is 0.692. The Morgan fingerprint density at radius 1 is 0.440 bits per heavy atom. The van der Waals surface area contributed by atoms with Crippen LogP contribution in [0, 0.1) is 79.9 Å². The topological polar surface area (TPSA) is 404 Å². The minimum Gasteiger partial charge on any atom is -0.549 e. The van der Waals surface area contributed by atoms with E-state index in [1.54, 1.807) is 59.7 Å². The van der Waals surface area contributed by atoms with Crippen molar-refractivity contribution in [2.24, 2.45) is 0 Å². The Morgan fingerprint density at radius 3 is 1.01 bits per heavy atom. The number of benzene rings is 1. The summed E-state index contributed by atoms with van der Waals surface area (Å²) in [5.41, 5.74) is 0.723. The number of carboxylic acid groups (broad SMARTS) is 7. The summed E-state index contributed by atoms with van der Waals surface area (Å²) >= 11 is 0. The van der Waals surface area contributed by atoms with Gasteiger partial charge >= 0.3 is 91.9 Å². The van der Waals surface area contributed by atoms with Crippen molar-refractivity contribution in [2.45, 2.75) is 44.8 Å². The van der Waals surface area contributed by atoms with Gasteiger partial charge in [-0.05, 0) is 57.3 Å². The van der Waals surface area contributed by atoms with Crippen LogP contribution in [0.2, 0.25) is 0 Å². The standard InChI is InChI=1S/C52H86N12O18.2Gd/c65-43(32-57-16-20-59(34-45(67)68)24-28-63(38-49(75)76)29-25-60(21-17-57)35-46(69)70)53-11-6-14-56(13-5-4-10-42(51(79)80)55-52(81)82-40-41-8-2-1-3-9-41)15-7-12-54-44(66)33-58-18-22-61(36-47(71)72)26-30-64(39-50(77)78)31-27-62(23-19-58)37-48(73)74;;/h1-3,8-9,42H,4-7,10-40H2,(H,53,65)(H,54,66)(H,55,81)(H,67,68)(H,69,70)(H,71,72)(H,73,74)(H,75,76)(H,77,78)(H,79,80);;/q;2*+3/p-6/t42-;;/m0../s1. The Balaban J connectivity index is 0.0000176. The number of carboxylic acids is 7. The number of carbonyl (C=O) groups excluding carboxylic acids is 9. The molecule has 3 rings (SSSR count). The molecule has 84 heavy (non-hydrogen) atoms. The molecule has 0 saturated carbocycles. The Kier molecular flexibility index (Phi) is 42.1. The molecule has 1 aromatic rings. The number of ether oxygens (including phenoxy) is 1. The third-order valence-corrected chi connectivity index (χ3v) is 13.7. The fourth-order valence-electron chi connectivity index (χ4n) is 9.28. The smallest absolute Gasteiger partial charge is 0.549 e. The molecule has 472 valence electrons. The van der Waals surface area contributed by atoms with Crippen LogP contribution in [0.4, 0.5) is 4.79 Å². The number of nitrogens with one attached hydrogen (secondary N) is 3. The molecule has 1 atom stereocenters. The van der Waals surface area contributed by atoms with Crippen molar-refractivity contribution in [2.75, 3.05) is 190 Å². The Morgan fingerprint density at radius 2 is 0.726 bits per heavy atom. The van der Waals surface area contributed by atoms with Gasteiger partial charge in [0, 0.05) is 157 Å². The van der Waals surface area contributed by atoms with E-state index in [4.69, 9.17) is 4.74 Å². The number of amides is 3. The number of hydrogen-bond acceptors (Lipinski definition) is 26. The molecule has 0 bridgehead atoms. The van der Waals surface area contributed by atoms with Gasteiger partial charge < -0.3 is 90.1 Å². The van der Waals surface area contributed by atoms with Crippen LogP contribution in [0.1, 0.15) is 37.7 Å². The molecule has 0 spiro atoms. The van der Waals surface area contributed by atoms with E-state index in [1.165, 1.54) is 9.80 Å². The number of rotatable bonds is 33. The van der Waals surface area contributed by atoms with Gasteiger partial charge in [0.2, 0.25) is 11.8 Å². The number of alkyl carbamates (subject to hydrolysis) is 1. The first-order valence-corrected chi connectivity index (χ1v) is 27.6. The first kappa shape index (κ1) is 78.0. The summed E-state index contributed by atoms with van der Waals surface area (Å²) < 4.78 is 5.22. The Hall–Kier alpha value is -3.99. The first-order valence-electron chi connectivity index (χ1n) is 27.6. The average Bonchev–Trinajstić information content (AvgIpc) is 3.41. The van der Waals surface area contributed by atoms with Gasteiger partial charge in [0.1, 0.15) is 12.6 Å². The van der Waals surface area contributed by atoms with E-state index in [1.807, 2.05) is 0 Å². The second kappa shape index (κ2) is 45.3. The SMILES string of the molecule is O=C([O-])CN1CCN(CC(=O)[O-])CCN(CC(=O)NCCCN(CCCC[C@H](NC(=O)OCc2ccccc2)C(=O)O)CCCNC(=O)CN2CCN(CC(=O)[O-])CCN(CC(=O)[O-])CCN(CC(=O)[O-])CC2)CCN(CC(=O)[O-])CC1.[Gd+3].[Gd+3]. The van der Waals surface area contributed by atoms with Crippen LogP contribution >= 0.6 is 0 Å². The molecule has 0 aromatic heterocycles. The van der Waals surface area contributed by atoms with Crippen LogP contribution in [0.3, 0.4) is 0 Å². The largest absolute Gasteiger partial charge is 3.00 e. The maximum atomic E-state index is 13.4. The zero-order valence-electron chi connectivity index (χ0n) is 47.3. The summed E-state index contributed by atoms with van der Waals surface area (Å²) in [4.78, 5) is 136. The normalized spacial score (nSPS) is 17.0. The first-order chi connectivity index (χ1) is 39.1. The van der Waals surface area contributed by atoms with Gasteiger partial charge in [-0.15, -0.1) is 0 Å². The molecule has 4 N–H and O–H groups in total. The van der Waals surface area contributed by atoms with E-state index in [9.17, 15) is 83.7 Å². The van der Waals surface area contributed by atoms with Gasteiger partial charge in [0.05, 0.1) is 48.9 Å². The molecular weight excluding hydrogens is 1400 g/mol. The van der Waals surface area contributed by atoms with Crippen LogP contribution in [-0.2, 0) is 54.5 Å². The van der Waals surface area contributed by atoms with Crippen LogP contribution in [0.15, 0.2) is 30.3 Å². The number of carbonyl (C=O) groups is 10. The second-order valence-electron chi connectivity index (χ2n) is 20.3. The monoisotopic (exact) mass is 1480 g/mol. The third kappa shape index (κ3) is 38.2. The van der Waals surface area contributed by atoms with Crippen LogP contribution in [0.5, 0.6) is 0 Å². The van der Waals surface area contributed by atoms with E-state index >= 15 is 0 Å². The molecule has 2 heterocycles.